The standard InChI is InChI=1S/C15H12N2O2S/c1-11-10-20-15(16-11)17(12-6-3-2-4-7-12)14(18)13-8-5-9-19-13/h2-10H,1H3. The Morgan fingerprint density at radius 3 is 2.60 bits per heavy atom. The third-order valence-electron chi connectivity index (χ3n) is 2.75. The van der Waals surface area contributed by atoms with Crippen LogP contribution in [-0.4, -0.2) is 10.9 Å². The molecule has 3 rings (SSSR count). The first-order valence-electron chi connectivity index (χ1n) is 6.11. The van der Waals surface area contributed by atoms with Crippen molar-refractivity contribution < 1.29 is 9.21 Å². The molecule has 0 N–H and O–H groups in total. The van der Waals surface area contributed by atoms with Crippen LogP contribution >= 0.6 is 11.3 Å². The average molecular weight is 284 g/mol. The quantitative estimate of drug-likeness (QED) is 0.729. The zero-order valence-electron chi connectivity index (χ0n) is 10.8. The molecular formula is C15H12N2O2S. The molecule has 0 saturated carbocycles. The van der Waals surface area contributed by atoms with Crippen LogP contribution in [0, 0.1) is 6.92 Å². The lowest BCUT2D eigenvalue weighted by Gasteiger charge is -2.18. The van der Waals surface area contributed by atoms with Crippen LogP contribution in [0.5, 0.6) is 0 Å². The maximum Gasteiger partial charge on any atom is 0.300 e. The van der Waals surface area contributed by atoms with Gasteiger partial charge in [-0.2, -0.15) is 0 Å². The number of benzene rings is 1. The van der Waals surface area contributed by atoms with E-state index in [0.717, 1.165) is 11.4 Å². The second kappa shape index (κ2) is 5.30. The van der Waals surface area contributed by atoms with E-state index >= 15 is 0 Å². The summed E-state index contributed by atoms with van der Waals surface area (Å²) < 4.78 is 5.21. The summed E-state index contributed by atoms with van der Waals surface area (Å²) in [6, 6.07) is 12.8. The Balaban J connectivity index is 2.07. The summed E-state index contributed by atoms with van der Waals surface area (Å²) in [5.41, 5.74) is 1.65. The Morgan fingerprint density at radius 1 is 1.20 bits per heavy atom. The van der Waals surface area contributed by atoms with Gasteiger partial charge in [0.15, 0.2) is 10.9 Å². The first kappa shape index (κ1) is 12.6. The lowest BCUT2D eigenvalue weighted by atomic mass is 10.3. The Kier molecular flexibility index (Phi) is 3.35. The highest BCUT2D eigenvalue weighted by Crippen LogP contribution is 2.30. The van der Waals surface area contributed by atoms with Gasteiger partial charge in [0.2, 0.25) is 0 Å². The van der Waals surface area contributed by atoms with Crippen LogP contribution in [0.1, 0.15) is 16.2 Å². The van der Waals surface area contributed by atoms with Gasteiger partial charge in [-0.15, -0.1) is 11.3 Å². The Labute approximate surface area is 120 Å². The molecule has 0 aliphatic heterocycles. The number of aromatic nitrogens is 1. The van der Waals surface area contributed by atoms with E-state index < -0.39 is 0 Å². The smallest absolute Gasteiger partial charge is 0.300 e. The normalized spacial score (nSPS) is 10.4. The molecule has 0 unspecified atom stereocenters. The van der Waals surface area contributed by atoms with Gasteiger partial charge < -0.3 is 4.42 Å². The number of para-hydroxylation sites is 1. The molecule has 0 fully saturated rings. The Morgan fingerprint density at radius 2 is 2.00 bits per heavy atom. The highest BCUT2D eigenvalue weighted by Gasteiger charge is 2.24. The van der Waals surface area contributed by atoms with Crippen molar-refractivity contribution in [2.24, 2.45) is 0 Å². The number of carbonyl (C=O) groups excluding carboxylic acids is 1. The summed E-state index contributed by atoms with van der Waals surface area (Å²) in [5.74, 6) is 0.0669. The fraction of sp³-hybridized carbons (Fsp3) is 0.0667. The van der Waals surface area contributed by atoms with Gasteiger partial charge in [0.1, 0.15) is 0 Å². The van der Waals surface area contributed by atoms with Gasteiger partial charge in [0.05, 0.1) is 17.6 Å². The highest BCUT2D eigenvalue weighted by atomic mass is 32.1. The monoisotopic (exact) mass is 284 g/mol. The molecule has 3 aromatic rings. The van der Waals surface area contributed by atoms with Gasteiger partial charge in [-0.1, -0.05) is 18.2 Å². The number of hydrogen-bond donors (Lipinski definition) is 0. The van der Waals surface area contributed by atoms with Crippen molar-refractivity contribution in [1.29, 1.82) is 0 Å². The van der Waals surface area contributed by atoms with E-state index in [9.17, 15) is 4.79 Å². The lowest BCUT2D eigenvalue weighted by Crippen LogP contribution is -2.25. The van der Waals surface area contributed by atoms with Crippen LogP contribution in [0.25, 0.3) is 0 Å². The second-order valence-electron chi connectivity index (χ2n) is 4.22. The molecule has 1 amide bonds. The van der Waals surface area contributed by atoms with Gasteiger partial charge in [-0.05, 0) is 31.2 Å². The first-order chi connectivity index (χ1) is 9.75. The molecule has 1 aromatic carbocycles. The SMILES string of the molecule is Cc1csc(N(C(=O)c2ccco2)c2ccccc2)n1. The van der Waals surface area contributed by atoms with Crippen molar-refractivity contribution in [3.05, 3.63) is 65.6 Å². The summed E-state index contributed by atoms with van der Waals surface area (Å²) in [6.45, 7) is 1.90. The van der Waals surface area contributed by atoms with Gasteiger partial charge in [-0.25, -0.2) is 9.88 Å². The minimum atomic E-state index is -0.226. The minimum absolute atomic E-state index is 0.226. The van der Waals surface area contributed by atoms with Gasteiger partial charge in [0, 0.05) is 5.38 Å². The summed E-state index contributed by atoms with van der Waals surface area (Å²) >= 11 is 1.43. The maximum atomic E-state index is 12.6. The van der Waals surface area contributed by atoms with Crippen molar-refractivity contribution in [3.8, 4) is 0 Å². The minimum Gasteiger partial charge on any atom is -0.459 e. The van der Waals surface area contributed by atoms with Crippen LogP contribution in [0.2, 0.25) is 0 Å². The number of aryl methyl sites for hydroxylation is 1. The molecule has 5 heteroatoms. The first-order valence-corrected chi connectivity index (χ1v) is 6.99. The number of anilines is 2. The number of rotatable bonds is 3. The van der Waals surface area contributed by atoms with Crippen LogP contribution < -0.4 is 4.90 Å². The third kappa shape index (κ3) is 2.35. The Hall–Kier alpha value is -2.40. The number of amides is 1. The lowest BCUT2D eigenvalue weighted by molar-refractivity contribution is 0.0973. The summed E-state index contributed by atoms with van der Waals surface area (Å²) in [4.78, 5) is 18.6. The molecule has 0 atom stereocenters. The molecule has 0 saturated heterocycles. The molecule has 0 aliphatic rings. The summed E-state index contributed by atoms with van der Waals surface area (Å²) in [7, 11) is 0. The van der Waals surface area contributed by atoms with E-state index in [1.807, 2.05) is 42.6 Å². The molecule has 0 bridgehead atoms. The number of thiazole rings is 1. The van der Waals surface area contributed by atoms with Crippen molar-refractivity contribution in [2.75, 3.05) is 4.90 Å². The predicted molar refractivity (Wildman–Crippen MR) is 78.5 cm³/mol. The fourth-order valence-corrected chi connectivity index (χ4v) is 2.67. The molecule has 0 aliphatic carbocycles. The van der Waals surface area contributed by atoms with E-state index in [4.69, 9.17) is 4.42 Å². The molecule has 100 valence electrons. The topological polar surface area (TPSA) is 46.3 Å². The third-order valence-corrected chi connectivity index (χ3v) is 3.69. The molecule has 2 heterocycles. The zero-order chi connectivity index (χ0) is 13.9. The van der Waals surface area contributed by atoms with Gasteiger partial charge in [0.25, 0.3) is 5.91 Å². The largest absolute Gasteiger partial charge is 0.459 e. The summed E-state index contributed by atoms with van der Waals surface area (Å²) in [5, 5.41) is 2.55. The van der Waals surface area contributed by atoms with Crippen molar-refractivity contribution in [2.45, 2.75) is 6.92 Å². The van der Waals surface area contributed by atoms with Crippen LogP contribution in [0.3, 0.4) is 0 Å². The van der Waals surface area contributed by atoms with E-state index in [2.05, 4.69) is 4.98 Å². The van der Waals surface area contributed by atoms with E-state index in [1.165, 1.54) is 17.6 Å². The number of carbonyl (C=O) groups is 1. The molecular weight excluding hydrogens is 272 g/mol. The van der Waals surface area contributed by atoms with Crippen LogP contribution in [0.15, 0.2) is 58.5 Å². The van der Waals surface area contributed by atoms with Gasteiger partial charge in [-0.3, -0.25) is 4.79 Å². The van der Waals surface area contributed by atoms with Gasteiger partial charge >= 0.3 is 0 Å². The van der Waals surface area contributed by atoms with E-state index in [1.54, 1.807) is 17.0 Å². The zero-order valence-corrected chi connectivity index (χ0v) is 11.6. The fourth-order valence-electron chi connectivity index (χ4n) is 1.85. The predicted octanol–water partition coefficient (Wildman–Crippen LogP) is 4.02. The Bertz CT molecular complexity index is 705. The molecule has 20 heavy (non-hydrogen) atoms. The van der Waals surface area contributed by atoms with Crippen molar-refractivity contribution in [1.82, 2.24) is 4.98 Å². The molecule has 4 nitrogen and oxygen atoms in total. The molecule has 0 radical (unpaired) electrons. The second-order valence-corrected chi connectivity index (χ2v) is 5.06. The van der Waals surface area contributed by atoms with E-state index in [0.29, 0.717) is 10.9 Å². The number of nitrogens with zero attached hydrogens (tertiary/aromatic N) is 2. The maximum absolute atomic E-state index is 12.6. The average Bonchev–Trinajstić information content (AvgIpc) is 3.12. The van der Waals surface area contributed by atoms with Crippen LogP contribution in [0.4, 0.5) is 10.8 Å². The number of furan rings is 1. The van der Waals surface area contributed by atoms with E-state index in [-0.39, 0.29) is 5.91 Å². The molecule has 2 aromatic heterocycles. The highest BCUT2D eigenvalue weighted by molar-refractivity contribution is 7.14. The summed E-state index contributed by atoms with van der Waals surface area (Å²) in [6.07, 6.45) is 1.49. The van der Waals surface area contributed by atoms with Crippen molar-refractivity contribution in [3.63, 3.8) is 0 Å². The van der Waals surface area contributed by atoms with Crippen molar-refractivity contribution >= 4 is 28.1 Å². The van der Waals surface area contributed by atoms with Crippen LogP contribution in [-0.2, 0) is 0 Å². The molecule has 0 spiro atoms. The number of hydrogen-bond acceptors (Lipinski definition) is 4.